The van der Waals surface area contributed by atoms with Gasteiger partial charge in [-0.3, -0.25) is 23.8 Å². The molecule has 15 heteroatoms. The number of nitrogens with one attached hydrogen (secondary N) is 1. The molecule has 4 atom stereocenters. The Kier molecular flexibility index (Phi) is 8.28. The molecule has 2 amide bonds. The minimum absolute atomic E-state index is 0.0693. The van der Waals surface area contributed by atoms with Crippen molar-refractivity contribution in [1.82, 2.24) is 19.7 Å². The Morgan fingerprint density at radius 1 is 1.09 bits per heavy atom. The third-order valence-electron chi connectivity index (χ3n) is 9.15. The van der Waals surface area contributed by atoms with E-state index in [0.29, 0.717) is 11.4 Å². The molecule has 11 nitrogen and oxygen atoms in total. The predicted octanol–water partition coefficient (Wildman–Crippen LogP) is 2.59. The molecule has 3 N–H and O–H groups in total. The van der Waals surface area contributed by atoms with Crippen LogP contribution in [0.15, 0.2) is 36.5 Å². The normalized spacial score (nSPS) is 23.4. The van der Waals surface area contributed by atoms with Crippen molar-refractivity contribution in [2.75, 3.05) is 31.6 Å². The van der Waals surface area contributed by atoms with Crippen molar-refractivity contribution in [2.24, 2.45) is 0 Å². The maximum Gasteiger partial charge on any atom is 0.356 e. The first-order chi connectivity index (χ1) is 21.2. The van der Waals surface area contributed by atoms with E-state index in [2.05, 4.69) is 22.2 Å². The minimum atomic E-state index is -4.63. The van der Waals surface area contributed by atoms with Gasteiger partial charge in [-0.1, -0.05) is 17.7 Å². The molecule has 3 aliphatic rings. The number of ketones is 1. The van der Waals surface area contributed by atoms with Gasteiger partial charge in [0.05, 0.1) is 22.4 Å². The Balaban J connectivity index is 1.19. The lowest BCUT2D eigenvalue weighted by Crippen LogP contribution is -2.46. The Hall–Kier alpha value is -3.35. The third-order valence-corrected chi connectivity index (χ3v) is 10.4. The molecule has 0 spiro atoms. The number of piperazine rings is 1. The molecular formula is C30H33ClF2N5O6P. The predicted molar refractivity (Wildman–Crippen MR) is 164 cm³/mol. The van der Waals surface area contributed by atoms with Crippen LogP contribution in [0.5, 0.6) is 0 Å². The monoisotopic (exact) mass is 663 g/mol. The van der Waals surface area contributed by atoms with E-state index >= 15 is 4.39 Å². The first-order valence-corrected chi connectivity index (χ1v) is 16.6. The fourth-order valence-corrected chi connectivity index (χ4v) is 7.62. The topological polar surface area (TPSA) is 135 Å². The van der Waals surface area contributed by atoms with Crippen molar-refractivity contribution in [2.45, 2.75) is 57.2 Å². The summed E-state index contributed by atoms with van der Waals surface area (Å²) >= 11 is 6.23. The van der Waals surface area contributed by atoms with E-state index in [-0.39, 0.29) is 58.3 Å². The van der Waals surface area contributed by atoms with Crippen LogP contribution in [0.4, 0.5) is 14.5 Å². The van der Waals surface area contributed by atoms with Crippen molar-refractivity contribution in [3.05, 3.63) is 58.5 Å². The Bertz CT molecular complexity index is 1760. The molecule has 1 aromatic heterocycles. The van der Waals surface area contributed by atoms with E-state index in [1.807, 2.05) is 0 Å². The first-order valence-electron chi connectivity index (χ1n) is 14.6. The van der Waals surface area contributed by atoms with Crippen LogP contribution in [-0.2, 0) is 27.2 Å². The highest BCUT2D eigenvalue weighted by molar-refractivity contribution is 7.60. The van der Waals surface area contributed by atoms with Gasteiger partial charge in [0, 0.05) is 66.5 Å². The number of carbonyl (C=O) groups is 3. The van der Waals surface area contributed by atoms with Crippen LogP contribution in [0.3, 0.4) is 0 Å². The number of hydrogen-bond acceptors (Lipinski definition) is 6. The second-order valence-electron chi connectivity index (χ2n) is 12.1. The highest BCUT2D eigenvalue weighted by atomic mass is 35.5. The standard InChI is InChI=1S/C30H33ClF2N5O6P/c1-16(39)24-14-36(26-9-22(45(42,43)44)3-4-23(24)26)15-28(40)38-11-18(32)6-27(38)30(41)34-10-17-5-19(8-25(31)29(17)33)37-13-20-7-21(37)12-35(20)2/h3-5,8-9,14,18,20-21,27H,6-7,10-13,15H2,1-2H3,(H,34,41)(H2,42,43,44)/t18-,20?,21?,27+/m1/s1. The average molecular weight is 664 g/mol. The number of fused-ring (bicyclic) bond motifs is 3. The molecule has 3 fully saturated rings. The largest absolute Gasteiger partial charge is 0.366 e. The number of likely N-dealkylation sites (tertiary alicyclic amines) is 2. The molecule has 3 aliphatic heterocycles. The van der Waals surface area contributed by atoms with Crippen molar-refractivity contribution >= 4 is 58.7 Å². The molecule has 6 rings (SSSR count). The van der Waals surface area contributed by atoms with Gasteiger partial charge in [0.1, 0.15) is 24.6 Å². The van der Waals surface area contributed by atoms with E-state index < -0.39 is 44.0 Å². The zero-order valence-corrected chi connectivity index (χ0v) is 26.3. The molecule has 0 radical (unpaired) electrons. The number of benzene rings is 2. The van der Waals surface area contributed by atoms with Crippen LogP contribution in [0.2, 0.25) is 5.02 Å². The number of alkyl halides is 1. The molecule has 2 unspecified atom stereocenters. The molecule has 240 valence electrons. The number of likely N-dealkylation sites (N-methyl/N-ethyl adjacent to an activating group) is 1. The summed E-state index contributed by atoms with van der Waals surface area (Å²) in [5.74, 6) is -2.27. The van der Waals surface area contributed by atoms with Gasteiger partial charge in [-0.05, 0) is 44.7 Å². The number of rotatable bonds is 8. The average Bonchev–Trinajstić information content (AvgIpc) is 3.75. The lowest BCUT2D eigenvalue weighted by molar-refractivity contribution is -0.139. The number of anilines is 1. The number of carbonyl (C=O) groups excluding carboxylic acids is 3. The summed E-state index contributed by atoms with van der Waals surface area (Å²) in [5, 5.41) is 2.68. The van der Waals surface area contributed by atoms with Crippen LogP contribution in [0.1, 0.15) is 35.7 Å². The second kappa shape index (κ2) is 11.8. The Labute approximate surface area is 262 Å². The Morgan fingerprint density at radius 3 is 2.49 bits per heavy atom. The lowest BCUT2D eigenvalue weighted by Gasteiger charge is -2.34. The number of hydrogen-bond donors (Lipinski definition) is 3. The molecular weight excluding hydrogens is 631 g/mol. The van der Waals surface area contributed by atoms with Crippen molar-refractivity contribution < 1.29 is 37.5 Å². The zero-order chi connectivity index (χ0) is 32.4. The highest BCUT2D eigenvalue weighted by Crippen LogP contribution is 2.37. The smallest absolute Gasteiger partial charge is 0.356 e. The highest BCUT2D eigenvalue weighted by Gasteiger charge is 2.42. The molecule has 2 aromatic carbocycles. The van der Waals surface area contributed by atoms with Gasteiger partial charge in [0.2, 0.25) is 11.8 Å². The quantitative estimate of drug-likeness (QED) is 0.247. The number of Topliss-reactive ketones (excluding diaryl/α,β-unsaturated/α-hetero) is 1. The number of aromatic nitrogens is 1. The molecule has 0 aliphatic carbocycles. The summed E-state index contributed by atoms with van der Waals surface area (Å²) in [7, 11) is -2.56. The van der Waals surface area contributed by atoms with Gasteiger partial charge in [-0.15, -0.1) is 0 Å². The van der Waals surface area contributed by atoms with E-state index in [1.165, 1.54) is 35.9 Å². The van der Waals surface area contributed by atoms with E-state index in [0.717, 1.165) is 30.1 Å². The molecule has 3 aromatic rings. The van der Waals surface area contributed by atoms with E-state index in [4.69, 9.17) is 11.6 Å². The summed E-state index contributed by atoms with van der Waals surface area (Å²) < 4.78 is 42.9. The fourth-order valence-electron chi connectivity index (χ4n) is 6.83. The van der Waals surface area contributed by atoms with Crippen molar-refractivity contribution in [3.63, 3.8) is 0 Å². The zero-order valence-electron chi connectivity index (χ0n) is 24.6. The summed E-state index contributed by atoms with van der Waals surface area (Å²) in [6, 6.07) is 6.60. The third kappa shape index (κ3) is 5.99. The summed E-state index contributed by atoms with van der Waals surface area (Å²) in [6.45, 7) is 2.03. The van der Waals surface area contributed by atoms with Gasteiger partial charge in [0.15, 0.2) is 5.78 Å². The maximum atomic E-state index is 15.0. The summed E-state index contributed by atoms with van der Waals surface area (Å²) in [4.78, 5) is 63.9. The summed E-state index contributed by atoms with van der Waals surface area (Å²) in [5.41, 5.74) is 1.41. The molecule has 4 heterocycles. The van der Waals surface area contributed by atoms with E-state index in [1.54, 1.807) is 12.1 Å². The van der Waals surface area contributed by atoms with Crippen LogP contribution < -0.4 is 15.5 Å². The summed E-state index contributed by atoms with van der Waals surface area (Å²) in [6.07, 6.45) is 0.681. The van der Waals surface area contributed by atoms with Crippen molar-refractivity contribution in [3.8, 4) is 0 Å². The molecule has 2 bridgehead atoms. The van der Waals surface area contributed by atoms with E-state index in [9.17, 15) is 33.1 Å². The number of amides is 2. The van der Waals surface area contributed by atoms with Gasteiger partial charge < -0.3 is 29.5 Å². The molecule has 45 heavy (non-hydrogen) atoms. The van der Waals surface area contributed by atoms with Gasteiger partial charge in [-0.25, -0.2) is 8.78 Å². The van der Waals surface area contributed by atoms with Crippen LogP contribution in [0.25, 0.3) is 10.9 Å². The number of nitrogens with zero attached hydrogens (tertiary/aromatic N) is 4. The second-order valence-corrected chi connectivity index (χ2v) is 14.1. The SMILES string of the molecule is CC(=O)c1cn(CC(=O)N2C[C@H](F)C[C@H]2C(=O)NCc2cc(N3CC4CC3CN4C)cc(Cl)c2F)c2cc(P(=O)(O)O)ccc12. The van der Waals surface area contributed by atoms with Gasteiger partial charge in [0.25, 0.3) is 0 Å². The Morgan fingerprint density at radius 2 is 1.84 bits per heavy atom. The maximum absolute atomic E-state index is 15.0. The fraction of sp³-hybridized carbons (Fsp3) is 0.433. The van der Waals surface area contributed by atoms with Crippen LogP contribution in [-0.4, -0.2) is 92.7 Å². The van der Waals surface area contributed by atoms with Gasteiger partial charge in [-0.2, -0.15) is 0 Å². The van der Waals surface area contributed by atoms with Crippen molar-refractivity contribution in [1.29, 1.82) is 0 Å². The number of halogens is 3. The van der Waals surface area contributed by atoms with Crippen LogP contribution >= 0.6 is 19.2 Å². The van der Waals surface area contributed by atoms with Gasteiger partial charge >= 0.3 is 7.60 Å². The minimum Gasteiger partial charge on any atom is -0.366 e. The lowest BCUT2D eigenvalue weighted by atomic mass is 10.1. The first kappa shape index (κ1) is 31.6. The van der Waals surface area contributed by atoms with Crippen LogP contribution in [0, 0.1) is 5.82 Å². The molecule has 0 saturated carbocycles. The molecule has 3 saturated heterocycles.